The minimum Gasteiger partial charge on any atom is -0.384 e. The van der Waals surface area contributed by atoms with Crippen molar-refractivity contribution in [2.24, 2.45) is 0 Å². The van der Waals surface area contributed by atoms with Gasteiger partial charge in [-0.2, -0.15) is 0 Å². The standard InChI is InChI=1S/C17H28N2/c1-4-17(5-2,6-3)19-12-11-14-13-18-16-10-8-7-9-15(14)16/h7-10,14,18-19H,4-6,11-13H2,1-3H3. The summed E-state index contributed by atoms with van der Waals surface area (Å²) in [5.74, 6) is 0.673. The van der Waals surface area contributed by atoms with Crippen LogP contribution in [0.4, 0.5) is 5.69 Å². The zero-order valence-electron chi connectivity index (χ0n) is 12.6. The zero-order valence-corrected chi connectivity index (χ0v) is 12.6. The van der Waals surface area contributed by atoms with Gasteiger partial charge in [0.15, 0.2) is 0 Å². The summed E-state index contributed by atoms with van der Waals surface area (Å²) in [6, 6.07) is 8.73. The van der Waals surface area contributed by atoms with Gasteiger partial charge in [-0.25, -0.2) is 0 Å². The quantitative estimate of drug-likeness (QED) is 0.770. The molecule has 1 aromatic carbocycles. The highest BCUT2D eigenvalue weighted by Gasteiger charge is 2.25. The Hall–Kier alpha value is -1.02. The second-order valence-corrected chi connectivity index (χ2v) is 5.72. The Morgan fingerprint density at radius 3 is 2.53 bits per heavy atom. The number of rotatable bonds is 7. The summed E-state index contributed by atoms with van der Waals surface area (Å²) in [5.41, 5.74) is 3.19. The monoisotopic (exact) mass is 260 g/mol. The maximum atomic E-state index is 3.81. The Morgan fingerprint density at radius 1 is 1.16 bits per heavy atom. The van der Waals surface area contributed by atoms with Crippen LogP contribution < -0.4 is 10.6 Å². The van der Waals surface area contributed by atoms with Crippen molar-refractivity contribution in [2.75, 3.05) is 18.4 Å². The first-order valence-electron chi connectivity index (χ1n) is 7.82. The third kappa shape index (κ3) is 3.11. The largest absolute Gasteiger partial charge is 0.384 e. The smallest absolute Gasteiger partial charge is 0.0376 e. The second-order valence-electron chi connectivity index (χ2n) is 5.72. The molecule has 0 aliphatic carbocycles. The highest BCUT2D eigenvalue weighted by Crippen LogP contribution is 2.33. The lowest BCUT2D eigenvalue weighted by Gasteiger charge is -2.32. The molecular weight excluding hydrogens is 232 g/mol. The molecule has 2 N–H and O–H groups in total. The molecular formula is C17H28N2. The van der Waals surface area contributed by atoms with Crippen LogP contribution in [0, 0.1) is 0 Å². The van der Waals surface area contributed by atoms with E-state index in [1.165, 1.54) is 36.9 Å². The van der Waals surface area contributed by atoms with Gasteiger partial charge in [0.1, 0.15) is 0 Å². The zero-order chi connectivity index (χ0) is 13.7. The van der Waals surface area contributed by atoms with Crippen LogP contribution in [-0.4, -0.2) is 18.6 Å². The van der Waals surface area contributed by atoms with Gasteiger partial charge in [-0.05, 0) is 43.9 Å². The number of hydrogen-bond donors (Lipinski definition) is 2. The highest BCUT2D eigenvalue weighted by molar-refractivity contribution is 5.57. The molecule has 2 nitrogen and oxygen atoms in total. The van der Waals surface area contributed by atoms with E-state index in [1.807, 2.05) is 0 Å². The molecule has 0 amide bonds. The van der Waals surface area contributed by atoms with Gasteiger partial charge >= 0.3 is 0 Å². The lowest BCUT2D eigenvalue weighted by atomic mass is 9.89. The molecule has 1 heterocycles. The molecule has 0 fully saturated rings. The number of hydrogen-bond acceptors (Lipinski definition) is 2. The first kappa shape index (κ1) is 14.4. The highest BCUT2D eigenvalue weighted by atomic mass is 15.0. The van der Waals surface area contributed by atoms with E-state index in [1.54, 1.807) is 0 Å². The van der Waals surface area contributed by atoms with Crippen molar-refractivity contribution in [2.45, 2.75) is 57.9 Å². The summed E-state index contributed by atoms with van der Waals surface area (Å²) < 4.78 is 0. The van der Waals surface area contributed by atoms with E-state index in [0.29, 0.717) is 11.5 Å². The molecule has 2 heteroatoms. The van der Waals surface area contributed by atoms with Crippen LogP contribution in [0.3, 0.4) is 0 Å². The lowest BCUT2D eigenvalue weighted by Crippen LogP contribution is -2.44. The van der Waals surface area contributed by atoms with Gasteiger partial charge < -0.3 is 10.6 Å². The number of nitrogens with one attached hydrogen (secondary N) is 2. The third-order valence-electron chi connectivity index (χ3n) is 4.96. The maximum Gasteiger partial charge on any atom is 0.0376 e. The van der Waals surface area contributed by atoms with E-state index >= 15 is 0 Å². The number of benzene rings is 1. The average molecular weight is 260 g/mol. The Kier molecular flexibility index (Phi) is 4.87. The van der Waals surface area contributed by atoms with Crippen molar-refractivity contribution < 1.29 is 0 Å². The van der Waals surface area contributed by atoms with Crippen LogP contribution in [0.1, 0.15) is 57.9 Å². The molecule has 0 saturated carbocycles. The predicted molar refractivity (Wildman–Crippen MR) is 83.9 cm³/mol. The maximum absolute atomic E-state index is 3.81. The van der Waals surface area contributed by atoms with Crippen LogP contribution >= 0.6 is 0 Å². The minimum absolute atomic E-state index is 0.353. The van der Waals surface area contributed by atoms with Gasteiger partial charge in [0.2, 0.25) is 0 Å². The predicted octanol–water partition coefficient (Wildman–Crippen LogP) is 4.14. The van der Waals surface area contributed by atoms with Crippen molar-refractivity contribution in [3.63, 3.8) is 0 Å². The Labute approximate surface area is 118 Å². The summed E-state index contributed by atoms with van der Waals surface area (Å²) >= 11 is 0. The summed E-state index contributed by atoms with van der Waals surface area (Å²) in [5, 5.41) is 7.32. The molecule has 19 heavy (non-hydrogen) atoms. The van der Waals surface area contributed by atoms with Gasteiger partial charge in [-0.15, -0.1) is 0 Å². The van der Waals surface area contributed by atoms with Gasteiger partial charge in [0, 0.05) is 23.7 Å². The van der Waals surface area contributed by atoms with Crippen LogP contribution in [0.25, 0.3) is 0 Å². The van der Waals surface area contributed by atoms with E-state index < -0.39 is 0 Å². The van der Waals surface area contributed by atoms with Crippen molar-refractivity contribution in [3.8, 4) is 0 Å². The van der Waals surface area contributed by atoms with E-state index in [4.69, 9.17) is 0 Å². The fourth-order valence-electron chi connectivity index (χ4n) is 3.25. The normalized spacial score (nSPS) is 18.2. The van der Waals surface area contributed by atoms with E-state index in [-0.39, 0.29) is 0 Å². The van der Waals surface area contributed by atoms with Crippen LogP contribution in [-0.2, 0) is 0 Å². The van der Waals surface area contributed by atoms with E-state index in [0.717, 1.165) is 13.1 Å². The average Bonchev–Trinajstić information content (AvgIpc) is 2.88. The van der Waals surface area contributed by atoms with Crippen molar-refractivity contribution in [3.05, 3.63) is 29.8 Å². The molecule has 0 bridgehead atoms. The Balaban J connectivity index is 1.87. The molecule has 1 unspecified atom stereocenters. The van der Waals surface area contributed by atoms with Crippen molar-refractivity contribution >= 4 is 5.69 Å². The molecule has 2 rings (SSSR count). The third-order valence-corrected chi connectivity index (χ3v) is 4.96. The lowest BCUT2D eigenvalue weighted by molar-refractivity contribution is 0.287. The van der Waals surface area contributed by atoms with E-state index in [9.17, 15) is 0 Å². The van der Waals surface area contributed by atoms with Crippen LogP contribution in [0.2, 0.25) is 0 Å². The van der Waals surface area contributed by atoms with Crippen molar-refractivity contribution in [1.29, 1.82) is 0 Å². The summed E-state index contributed by atoms with van der Waals surface area (Å²) in [4.78, 5) is 0. The van der Waals surface area contributed by atoms with Gasteiger partial charge in [-0.1, -0.05) is 39.0 Å². The molecule has 1 atom stereocenters. The summed E-state index contributed by atoms with van der Waals surface area (Å²) in [6.07, 6.45) is 4.89. The molecule has 0 aromatic heterocycles. The van der Waals surface area contributed by atoms with Gasteiger partial charge in [0.25, 0.3) is 0 Å². The van der Waals surface area contributed by atoms with Crippen LogP contribution in [0.15, 0.2) is 24.3 Å². The summed E-state index contributed by atoms with van der Waals surface area (Å²) in [7, 11) is 0. The van der Waals surface area contributed by atoms with Gasteiger partial charge in [0.05, 0.1) is 0 Å². The first-order valence-corrected chi connectivity index (χ1v) is 7.82. The molecule has 1 aromatic rings. The molecule has 0 spiro atoms. The minimum atomic E-state index is 0.353. The second kappa shape index (κ2) is 6.42. The van der Waals surface area contributed by atoms with E-state index in [2.05, 4.69) is 55.7 Å². The molecule has 1 aliphatic rings. The van der Waals surface area contributed by atoms with Crippen molar-refractivity contribution in [1.82, 2.24) is 5.32 Å². The molecule has 0 saturated heterocycles. The first-order chi connectivity index (χ1) is 9.24. The van der Waals surface area contributed by atoms with Crippen LogP contribution in [0.5, 0.6) is 0 Å². The Morgan fingerprint density at radius 2 is 1.84 bits per heavy atom. The number of para-hydroxylation sites is 1. The SMILES string of the molecule is CCC(CC)(CC)NCCC1CNc2ccccc21. The summed E-state index contributed by atoms with van der Waals surface area (Å²) in [6.45, 7) is 9.11. The number of fused-ring (bicyclic) bond motifs is 1. The molecule has 106 valence electrons. The van der Waals surface area contributed by atoms with Gasteiger partial charge in [-0.3, -0.25) is 0 Å². The fraction of sp³-hybridized carbons (Fsp3) is 0.647. The topological polar surface area (TPSA) is 24.1 Å². The number of anilines is 1. The Bertz CT molecular complexity index is 388. The molecule has 0 radical (unpaired) electrons. The molecule has 1 aliphatic heterocycles. The fourth-order valence-corrected chi connectivity index (χ4v) is 3.25.